The molecule has 1 rings (SSSR count). The summed E-state index contributed by atoms with van der Waals surface area (Å²) in [6, 6.07) is 0. The highest BCUT2D eigenvalue weighted by atomic mass is 32.1. The molecule has 1 saturated carbocycles. The van der Waals surface area contributed by atoms with Gasteiger partial charge in [-0.05, 0) is 43.4 Å². The minimum Gasteiger partial charge on any atom is -0.393 e. The van der Waals surface area contributed by atoms with E-state index in [1.165, 1.54) is 19.3 Å². The van der Waals surface area contributed by atoms with Crippen molar-refractivity contribution in [1.29, 1.82) is 0 Å². The van der Waals surface area contributed by atoms with Crippen LogP contribution in [0.15, 0.2) is 0 Å². The molecule has 1 aliphatic carbocycles. The van der Waals surface area contributed by atoms with Gasteiger partial charge in [-0.25, -0.2) is 0 Å². The average molecular weight is 243 g/mol. The van der Waals surface area contributed by atoms with Gasteiger partial charge in [0.2, 0.25) is 0 Å². The zero-order chi connectivity index (χ0) is 12.2. The van der Waals surface area contributed by atoms with Gasteiger partial charge < -0.3 is 10.5 Å². The van der Waals surface area contributed by atoms with Crippen LogP contribution in [0.25, 0.3) is 0 Å². The van der Waals surface area contributed by atoms with Gasteiger partial charge in [-0.15, -0.1) is 0 Å². The zero-order valence-corrected chi connectivity index (χ0v) is 11.6. The molecule has 0 amide bonds. The van der Waals surface area contributed by atoms with Crippen LogP contribution in [-0.4, -0.2) is 17.7 Å². The third kappa shape index (κ3) is 5.26. The van der Waals surface area contributed by atoms with E-state index < -0.39 is 0 Å². The molecule has 3 heteroatoms. The highest BCUT2D eigenvalue weighted by Crippen LogP contribution is 2.39. The third-order valence-electron chi connectivity index (χ3n) is 3.27. The molecule has 0 aromatic carbocycles. The second-order valence-corrected chi connectivity index (χ2v) is 6.50. The fourth-order valence-corrected chi connectivity index (χ4v) is 3.03. The van der Waals surface area contributed by atoms with Crippen LogP contribution in [0.4, 0.5) is 0 Å². The van der Waals surface area contributed by atoms with Crippen LogP contribution in [0.5, 0.6) is 0 Å². The van der Waals surface area contributed by atoms with Crippen molar-refractivity contribution in [3.8, 4) is 0 Å². The fourth-order valence-electron chi connectivity index (χ4n) is 2.88. The average Bonchev–Trinajstić information content (AvgIpc) is 2.08. The van der Waals surface area contributed by atoms with Crippen LogP contribution >= 0.6 is 12.2 Å². The van der Waals surface area contributed by atoms with Gasteiger partial charge in [-0.3, -0.25) is 0 Å². The smallest absolute Gasteiger partial charge is 0.0728 e. The van der Waals surface area contributed by atoms with E-state index in [1.54, 1.807) is 0 Å². The fraction of sp³-hybridized carbons (Fsp3) is 0.923. The summed E-state index contributed by atoms with van der Waals surface area (Å²) in [6.45, 7) is 7.80. The largest absolute Gasteiger partial charge is 0.393 e. The summed E-state index contributed by atoms with van der Waals surface area (Å²) >= 11 is 4.84. The van der Waals surface area contributed by atoms with Gasteiger partial charge in [0.25, 0.3) is 0 Å². The van der Waals surface area contributed by atoms with E-state index in [9.17, 15) is 0 Å². The van der Waals surface area contributed by atoms with Crippen LogP contribution in [0, 0.1) is 11.3 Å². The summed E-state index contributed by atoms with van der Waals surface area (Å²) in [6.07, 6.45) is 5.91. The Morgan fingerprint density at radius 2 is 2.12 bits per heavy atom. The molecule has 0 aliphatic heterocycles. The number of nitrogens with two attached hydrogens (primary N) is 1. The van der Waals surface area contributed by atoms with E-state index in [0.717, 1.165) is 25.4 Å². The van der Waals surface area contributed by atoms with Crippen LogP contribution in [0.3, 0.4) is 0 Å². The molecule has 1 fully saturated rings. The van der Waals surface area contributed by atoms with Gasteiger partial charge >= 0.3 is 0 Å². The predicted octanol–water partition coefficient (Wildman–Crippen LogP) is 3.28. The Morgan fingerprint density at radius 1 is 1.44 bits per heavy atom. The molecule has 2 atom stereocenters. The second-order valence-electron chi connectivity index (χ2n) is 5.98. The summed E-state index contributed by atoms with van der Waals surface area (Å²) < 4.78 is 5.92. The highest BCUT2D eigenvalue weighted by Gasteiger charge is 2.32. The van der Waals surface area contributed by atoms with E-state index in [-0.39, 0.29) is 0 Å². The maximum absolute atomic E-state index is 5.92. The topological polar surface area (TPSA) is 35.2 Å². The first-order valence-corrected chi connectivity index (χ1v) is 6.70. The van der Waals surface area contributed by atoms with Crippen molar-refractivity contribution in [2.75, 3.05) is 6.61 Å². The third-order valence-corrected chi connectivity index (χ3v) is 3.47. The molecule has 1 aliphatic rings. The lowest BCUT2D eigenvalue weighted by atomic mass is 9.71. The standard InChI is InChI=1S/C13H25NOS/c1-10-7-11(9-13(2,3)8-10)15-6-4-5-12(14)16/h10-11H,4-9H2,1-3H3,(H2,14,16). The first kappa shape index (κ1) is 13.9. The lowest BCUT2D eigenvalue weighted by Gasteiger charge is -2.38. The summed E-state index contributed by atoms with van der Waals surface area (Å²) in [4.78, 5) is 0.598. The number of hydrogen-bond acceptors (Lipinski definition) is 2. The Labute approximate surface area is 105 Å². The Balaban J connectivity index is 2.23. The molecule has 2 nitrogen and oxygen atoms in total. The van der Waals surface area contributed by atoms with Gasteiger partial charge in [0.1, 0.15) is 0 Å². The van der Waals surface area contributed by atoms with Crippen molar-refractivity contribution >= 4 is 17.2 Å². The SMILES string of the molecule is CC1CC(OCCCC(N)=S)CC(C)(C)C1. The number of ether oxygens (including phenoxy) is 1. The molecule has 16 heavy (non-hydrogen) atoms. The maximum Gasteiger partial charge on any atom is 0.0728 e. The summed E-state index contributed by atoms with van der Waals surface area (Å²) in [5.41, 5.74) is 5.89. The van der Waals surface area contributed by atoms with Crippen LogP contribution in [0.2, 0.25) is 0 Å². The van der Waals surface area contributed by atoms with Gasteiger partial charge in [-0.2, -0.15) is 0 Å². The normalized spacial score (nSPS) is 28.9. The Bertz CT molecular complexity index is 240. The van der Waals surface area contributed by atoms with E-state index in [1.807, 2.05) is 0 Å². The molecule has 0 heterocycles. The molecule has 0 radical (unpaired) electrons. The lowest BCUT2D eigenvalue weighted by Crippen LogP contribution is -2.32. The lowest BCUT2D eigenvalue weighted by molar-refractivity contribution is -0.0230. The minimum atomic E-state index is 0.435. The quantitative estimate of drug-likeness (QED) is 0.594. The van der Waals surface area contributed by atoms with Gasteiger partial charge in [-0.1, -0.05) is 33.0 Å². The van der Waals surface area contributed by atoms with E-state index >= 15 is 0 Å². The van der Waals surface area contributed by atoms with E-state index in [4.69, 9.17) is 22.7 Å². The maximum atomic E-state index is 5.92. The van der Waals surface area contributed by atoms with Crippen molar-refractivity contribution in [1.82, 2.24) is 0 Å². The van der Waals surface area contributed by atoms with Crippen LogP contribution in [-0.2, 0) is 4.74 Å². The molecule has 94 valence electrons. The molecule has 0 aromatic heterocycles. The Kier molecular flexibility index (Phi) is 5.19. The molecule has 0 bridgehead atoms. The monoisotopic (exact) mass is 243 g/mol. The van der Waals surface area contributed by atoms with Crippen molar-refractivity contribution in [2.24, 2.45) is 17.1 Å². The summed E-state index contributed by atoms with van der Waals surface area (Å²) in [5.74, 6) is 0.782. The predicted molar refractivity (Wildman–Crippen MR) is 72.6 cm³/mol. The Morgan fingerprint density at radius 3 is 2.69 bits per heavy atom. The molecule has 0 saturated heterocycles. The molecular formula is C13H25NOS. The first-order chi connectivity index (χ1) is 7.39. The summed E-state index contributed by atoms with van der Waals surface area (Å²) in [7, 11) is 0. The summed E-state index contributed by atoms with van der Waals surface area (Å²) in [5, 5.41) is 0. The van der Waals surface area contributed by atoms with E-state index in [0.29, 0.717) is 16.5 Å². The molecule has 0 spiro atoms. The van der Waals surface area contributed by atoms with Gasteiger partial charge in [0, 0.05) is 6.61 Å². The van der Waals surface area contributed by atoms with Crippen LogP contribution < -0.4 is 5.73 Å². The molecular weight excluding hydrogens is 218 g/mol. The minimum absolute atomic E-state index is 0.435. The number of thiocarbonyl (C=S) groups is 1. The van der Waals surface area contributed by atoms with Crippen LogP contribution in [0.1, 0.15) is 52.9 Å². The molecule has 2 unspecified atom stereocenters. The number of rotatable bonds is 5. The molecule has 2 N–H and O–H groups in total. The second kappa shape index (κ2) is 5.97. The van der Waals surface area contributed by atoms with E-state index in [2.05, 4.69) is 20.8 Å². The zero-order valence-electron chi connectivity index (χ0n) is 10.8. The Hall–Kier alpha value is -0.150. The van der Waals surface area contributed by atoms with Crippen molar-refractivity contribution in [3.05, 3.63) is 0 Å². The number of hydrogen-bond donors (Lipinski definition) is 1. The van der Waals surface area contributed by atoms with Crippen molar-refractivity contribution in [2.45, 2.75) is 59.0 Å². The van der Waals surface area contributed by atoms with Gasteiger partial charge in [0.05, 0.1) is 11.1 Å². The van der Waals surface area contributed by atoms with Gasteiger partial charge in [0.15, 0.2) is 0 Å². The van der Waals surface area contributed by atoms with Crippen molar-refractivity contribution < 1.29 is 4.74 Å². The molecule has 0 aromatic rings. The first-order valence-electron chi connectivity index (χ1n) is 6.29. The van der Waals surface area contributed by atoms with Crippen molar-refractivity contribution in [3.63, 3.8) is 0 Å². The highest BCUT2D eigenvalue weighted by molar-refractivity contribution is 7.80.